The Morgan fingerprint density at radius 3 is 2.88 bits per heavy atom. The van der Waals surface area contributed by atoms with Crippen LogP contribution in [0.4, 0.5) is 5.69 Å². The SMILES string of the molecule is COc1cccc(CN)c1N1CCCC1C. The summed E-state index contributed by atoms with van der Waals surface area (Å²) in [7, 11) is 1.72. The Morgan fingerprint density at radius 2 is 2.31 bits per heavy atom. The predicted octanol–water partition coefficient (Wildman–Crippen LogP) is 2.14. The molecular formula is C13H20N2O. The summed E-state index contributed by atoms with van der Waals surface area (Å²) in [6, 6.07) is 6.69. The van der Waals surface area contributed by atoms with Crippen LogP contribution in [0, 0.1) is 0 Å². The Bertz CT molecular complexity index is 343. The molecule has 1 aliphatic heterocycles. The van der Waals surface area contributed by atoms with Gasteiger partial charge in [0.05, 0.1) is 12.8 Å². The minimum absolute atomic E-state index is 0.565. The summed E-state index contributed by atoms with van der Waals surface area (Å²) in [5, 5.41) is 0. The highest BCUT2D eigenvalue weighted by atomic mass is 16.5. The van der Waals surface area contributed by atoms with Gasteiger partial charge in [0, 0.05) is 19.1 Å². The molecule has 0 aromatic heterocycles. The van der Waals surface area contributed by atoms with Gasteiger partial charge in [-0.25, -0.2) is 0 Å². The average molecular weight is 220 g/mol. The molecule has 0 bridgehead atoms. The fourth-order valence-electron chi connectivity index (χ4n) is 2.49. The third-order valence-corrected chi connectivity index (χ3v) is 3.36. The number of methoxy groups -OCH3 is 1. The zero-order valence-corrected chi connectivity index (χ0v) is 10.1. The first-order chi connectivity index (χ1) is 7.77. The summed E-state index contributed by atoms with van der Waals surface area (Å²) in [4.78, 5) is 2.42. The minimum atomic E-state index is 0.565. The summed E-state index contributed by atoms with van der Waals surface area (Å²) in [5.41, 5.74) is 8.17. The van der Waals surface area contributed by atoms with Gasteiger partial charge in [-0.3, -0.25) is 0 Å². The van der Waals surface area contributed by atoms with Crippen molar-refractivity contribution in [2.75, 3.05) is 18.6 Å². The molecule has 1 unspecified atom stereocenters. The molecule has 1 aliphatic rings. The summed E-state index contributed by atoms with van der Waals surface area (Å²) in [5.74, 6) is 0.941. The van der Waals surface area contributed by atoms with Gasteiger partial charge in [-0.15, -0.1) is 0 Å². The van der Waals surface area contributed by atoms with Crippen LogP contribution in [0.5, 0.6) is 5.75 Å². The van der Waals surface area contributed by atoms with Crippen LogP contribution in [-0.2, 0) is 6.54 Å². The van der Waals surface area contributed by atoms with Crippen LogP contribution < -0.4 is 15.4 Å². The van der Waals surface area contributed by atoms with Crippen molar-refractivity contribution < 1.29 is 4.74 Å². The summed E-state index contributed by atoms with van der Waals surface area (Å²) in [6.45, 7) is 3.93. The summed E-state index contributed by atoms with van der Waals surface area (Å²) >= 11 is 0. The molecule has 1 saturated heterocycles. The number of para-hydroxylation sites is 1. The second kappa shape index (κ2) is 4.74. The number of hydrogen-bond acceptors (Lipinski definition) is 3. The van der Waals surface area contributed by atoms with Crippen LogP contribution in [-0.4, -0.2) is 19.7 Å². The van der Waals surface area contributed by atoms with E-state index in [4.69, 9.17) is 10.5 Å². The standard InChI is InChI=1S/C13H20N2O/c1-10-5-4-8-15(10)13-11(9-14)6-3-7-12(13)16-2/h3,6-7,10H,4-5,8-9,14H2,1-2H3. The Hall–Kier alpha value is -1.22. The topological polar surface area (TPSA) is 38.5 Å². The Balaban J connectivity index is 2.43. The van der Waals surface area contributed by atoms with Gasteiger partial charge in [0.1, 0.15) is 5.75 Å². The van der Waals surface area contributed by atoms with E-state index in [1.807, 2.05) is 12.1 Å². The lowest BCUT2D eigenvalue weighted by Gasteiger charge is -2.28. The number of benzene rings is 1. The lowest BCUT2D eigenvalue weighted by Crippen LogP contribution is -2.28. The second-order valence-corrected chi connectivity index (χ2v) is 4.36. The van der Waals surface area contributed by atoms with E-state index < -0.39 is 0 Å². The monoisotopic (exact) mass is 220 g/mol. The van der Waals surface area contributed by atoms with E-state index in [1.165, 1.54) is 24.1 Å². The zero-order valence-electron chi connectivity index (χ0n) is 10.1. The molecule has 0 amide bonds. The first-order valence-electron chi connectivity index (χ1n) is 5.90. The lowest BCUT2D eigenvalue weighted by molar-refractivity contribution is 0.413. The first kappa shape index (κ1) is 11.3. The maximum absolute atomic E-state index is 5.81. The smallest absolute Gasteiger partial charge is 0.142 e. The lowest BCUT2D eigenvalue weighted by atomic mass is 10.1. The minimum Gasteiger partial charge on any atom is -0.495 e. The molecule has 2 N–H and O–H groups in total. The van der Waals surface area contributed by atoms with Gasteiger partial charge in [0.25, 0.3) is 0 Å². The fraction of sp³-hybridized carbons (Fsp3) is 0.538. The van der Waals surface area contributed by atoms with E-state index in [9.17, 15) is 0 Å². The Morgan fingerprint density at radius 1 is 1.50 bits per heavy atom. The molecule has 1 atom stereocenters. The van der Waals surface area contributed by atoms with Crippen molar-refractivity contribution in [1.82, 2.24) is 0 Å². The quantitative estimate of drug-likeness (QED) is 0.848. The molecule has 1 aromatic rings. The maximum Gasteiger partial charge on any atom is 0.142 e. The molecule has 3 heteroatoms. The third-order valence-electron chi connectivity index (χ3n) is 3.36. The van der Waals surface area contributed by atoms with Crippen LogP contribution in [0.3, 0.4) is 0 Å². The van der Waals surface area contributed by atoms with Gasteiger partial charge < -0.3 is 15.4 Å². The van der Waals surface area contributed by atoms with Crippen molar-refractivity contribution in [1.29, 1.82) is 0 Å². The van der Waals surface area contributed by atoms with Gasteiger partial charge in [0.2, 0.25) is 0 Å². The van der Waals surface area contributed by atoms with Crippen LogP contribution in [0.25, 0.3) is 0 Å². The second-order valence-electron chi connectivity index (χ2n) is 4.36. The maximum atomic E-state index is 5.81. The predicted molar refractivity (Wildman–Crippen MR) is 66.9 cm³/mol. The van der Waals surface area contributed by atoms with Crippen LogP contribution in [0.2, 0.25) is 0 Å². The molecule has 2 rings (SSSR count). The van der Waals surface area contributed by atoms with Gasteiger partial charge in [-0.05, 0) is 31.4 Å². The number of nitrogens with zero attached hydrogens (tertiary/aromatic N) is 1. The molecule has 0 radical (unpaired) electrons. The highest BCUT2D eigenvalue weighted by Crippen LogP contribution is 2.36. The Labute approximate surface area is 97.2 Å². The van der Waals surface area contributed by atoms with Crippen LogP contribution in [0.1, 0.15) is 25.3 Å². The van der Waals surface area contributed by atoms with Crippen molar-refractivity contribution in [3.8, 4) is 5.75 Å². The highest BCUT2D eigenvalue weighted by Gasteiger charge is 2.24. The molecule has 3 nitrogen and oxygen atoms in total. The van der Waals surface area contributed by atoms with Gasteiger partial charge in [-0.1, -0.05) is 12.1 Å². The van der Waals surface area contributed by atoms with E-state index in [2.05, 4.69) is 17.9 Å². The normalized spacial score (nSPS) is 20.2. The Kier molecular flexibility index (Phi) is 3.34. The molecule has 1 heterocycles. The highest BCUT2D eigenvalue weighted by molar-refractivity contribution is 5.65. The van der Waals surface area contributed by atoms with Crippen molar-refractivity contribution in [3.05, 3.63) is 23.8 Å². The zero-order chi connectivity index (χ0) is 11.5. The number of anilines is 1. The van der Waals surface area contributed by atoms with E-state index >= 15 is 0 Å². The molecule has 0 aliphatic carbocycles. The summed E-state index contributed by atoms with van der Waals surface area (Å²) < 4.78 is 5.45. The third kappa shape index (κ3) is 1.87. The van der Waals surface area contributed by atoms with Crippen LogP contribution in [0.15, 0.2) is 18.2 Å². The molecule has 0 saturated carbocycles. The molecule has 1 fully saturated rings. The van der Waals surface area contributed by atoms with Crippen molar-refractivity contribution in [2.45, 2.75) is 32.4 Å². The van der Waals surface area contributed by atoms with E-state index in [0.29, 0.717) is 12.6 Å². The van der Waals surface area contributed by atoms with Crippen LogP contribution >= 0.6 is 0 Å². The first-order valence-corrected chi connectivity index (χ1v) is 5.90. The largest absolute Gasteiger partial charge is 0.495 e. The van der Waals surface area contributed by atoms with E-state index in [-0.39, 0.29) is 0 Å². The average Bonchev–Trinajstić information content (AvgIpc) is 2.74. The van der Waals surface area contributed by atoms with E-state index in [0.717, 1.165) is 12.3 Å². The van der Waals surface area contributed by atoms with Gasteiger partial charge >= 0.3 is 0 Å². The molecule has 1 aromatic carbocycles. The van der Waals surface area contributed by atoms with Crippen molar-refractivity contribution in [3.63, 3.8) is 0 Å². The molecule has 16 heavy (non-hydrogen) atoms. The molecule has 88 valence electrons. The van der Waals surface area contributed by atoms with Crippen molar-refractivity contribution >= 4 is 5.69 Å². The van der Waals surface area contributed by atoms with Gasteiger partial charge in [-0.2, -0.15) is 0 Å². The van der Waals surface area contributed by atoms with E-state index in [1.54, 1.807) is 7.11 Å². The number of nitrogens with two attached hydrogens (primary N) is 1. The molecule has 0 spiro atoms. The molecular weight excluding hydrogens is 200 g/mol. The van der Waals surface area contributed by atoms with Crippen molar-refractivity contribution in [2.24, 2.45) is 5.73 Å². The number of rotatable bonds is 3. The summed E-state index contributed by atoms with van der Waals surface area (Å²) in [6.07, 6.45) is 2.51. The number of ether oxygens (including phenoxy) is 1. The van der Waals surface area contributed by atoms with Gasteiger partial charge in [0.15, 0.2) is 0 Å². The number of hydrogen-bond donors (Lipinski definition) is 1. The fourth-order valence-corrected chi connectivity index (χ4v) is 2.49.